The van der Waals surface area contributed by atoms with Gasteiger partial charge in [0, 0.05) is 6.42 Å². The maximum absolute atomic E-state index is 11.0. The topological polar surface area (TPSA) is 26.3 Å². The van der Waals surface area contributed by atoms with Crippen molar-refractivity contribution < 1.29 is 9.53 Å². The molecule has 1 aromatic carbocycles. The molecule has 0 fully saturated rings. The molecule has 0 spiro atoms. The van der Waals surface area contributed by atoms with E-state index in [2.05, 4.69) is 0 Å². The van der Waals surface area contributed by atoms with Crippen LogP contribution >= 0.6 is 0 Å². The fraction of sp³-hybridized carbons (Fsp3) is 0.588. The van der Waals surface area contributed by atoms with Crippen molar-refractivity contribution in [3.05, 3.63) is 35.9 Å². The highest BCUT2D eigenvalue weighted by Crippen LogP contribution is 2.02. The van der Waals surface area contributed by atoms with Crippen molar-refractivity contribution >= 4 is 5.97 Å². The van der Waals surface area contributed by atoms with Gasteiger partial charge in [-0.2, -0.15) is 0 Å². The molecule has 0 atom stereocenters. The van der Waals surface area contributed by atoms with Crippen molar-refractivity contribution in [1.29, 1.82) is 0 Å². The molecule has 0 aliphatic rings. The van der Waals surface area contributed by atoms with Crippen molar-refractivity contribution in [3.8, 4) is 0 Å². The minimum Gasteiger partial charge on any atom is -0.466 e. The van der Waals surface area contributed by atoms with Crippen LogP contribution in [0.5, 0.6) is 0 Å². The van der Waals surface area contributed by atoms with Gasteiger partial charge in [-0.25, -0.2) is 0 Å². The molecule has 112 valence electrons. The zero-order valence-corrected chi connectivity index (χ0v) is 13.8. The number of hydrogen-bond donors (Lipinski definition) is 0. The summed E-state index contributed by atoms with van der Waals surface area (Å²) >= 11 is 0. The van der Waals surface area contributed by atoms with Gasteiger partial charge in [-0.05, 0) is 18.9 Å². The van der Waals surface area contributed by atoms with Crippen molar-refractivity contribution in [2.24, 2.45) is 0 Å². The number of benzene rings is 1. The normalized spacial score (nSPS) is 7.53. The third kappa shape index (κ3) is 16.7. The predicted molar refractivity (Wildman–Crippen MR) is 85.4 cm³/mol. The lowest BCUT2D eigenvalue weighted by atomic mass is 10.1. The van der Waals surface area contributed by atoms with E-state index in [1.807, 2.05) is 78.8 Å². The number of aryl methyl sites for hydroxylation is 1. The summed E-state index contributed by atoms with van der Waals surface area (Å²) in [6, 6.07) is 9.94. The van der Waals surface area contributed by atoms with Gasteiger partial charge < -0.3 is 4.74 Å². The van der Waals surface area contributed by atoms with Gasteiger partial charge in [0.2, 0.25) is 0 Å². The fourth-order valence-electron chi connectivity index (χ4n) is 1.12. The van der Waals surface area contributed by atoms with Crippen molar-refractivity contribution in [2.45, 2.75) is 61.3 Å². The molecule has 0 saturated carbocycles. The molecule has 19 heavy (non-hydrogen) atoms. The van der Waals surface area contributed by atoms with E-state index >= 15 is 0 Å². The first-order valence-electron chi connectivity index (χ1n) is 7.52. The Bertz CT molecular complexity index is 255. The second-order valence-electron chi connectivity index (χ2n) is 2.79. The van der Waals surface area contributed by atoms with Gasteiger partial charge in [0.15, 0.2) is 0 Å². The van der Waals surface area contributed by atoms with Gasteiger partial charge in [-0.3, -0.25) is 4.79 Å². The molecule has 0 saturated heterocycles. The fourth-order valence-corrected chi connectivity index (χ4v) is 1.12. The zero-order chi connectivity index (χ0) is 15.5. The minimum absolute atomic E-state index is 0.119. The lowest BCUT2D eigenvalue weighted by Gasteiger charge is -2.01. The van der Waals surface area contributed by atoms with Crippen LogP contribution in [0.1, 0.15) is 60.5 Å². The second kappa shape index (κ2) is 21.9. The van der Waals surface area contributed by atoms with Crippen LogP contribution in [0.15, 0.2) is 30.3 Å². The molecule has 0 radical (unpaired) electrons. The van der Waals surface area contributed by atoms with E-state index in [4.69, 9.17) is 4.74 Å². The molecule has 0 aromatic heterocycles. The van der Waals surface area contributed by atoms with E-state index in [0.717, 1.165) is 6.42 Å². The maximum Gasteiger partial charge on any atom is 0.306 e. The van der Waals surface area contributed by atoms with Crippen molar-refractivity contribution in [2.75, 3.05) is 6.61 Å². The summed E-state index contributed by atoms with van der Waals surface area (Å²) in [7, 11) is 0. The van der Waals surface area contributed by atoms with E-state index in [1.54, 1.807) is 0 Å². The molecule has 2 heteroatoms. The van der Waals surface area contributed by atoms with Crippen LogP contribution in [0.3, 0.4) is 0 Å². The van der Waals surface area contributed by atoms with Crippen LogP contribution in [0.2, 0.25) is 0 Å². The number of carbonyl (C=O) groups is 1. The summed E-state index contributed by atoms with van der Waals surface area (Å²) in [4.78, 5) is 11.0. The molecule has 0 unspecified atom stereocenters. The highest BCUT2D eigenvalue weighted by molar-refractivity contribution is 5.69. The summed E-state index contributed by atoms with van der Waals surface area (Å²) in [5.74, 6) is -0.119. The first-order chi connectivity index (χ1) is 9.33. The molecule has 0 N–H and O–H groups in total. The molecule has 1 aromatic rings. The van der Waals surface area contributed by atoms with Crippen LogP contribution in [0, 0.1) is 0 Å². The van der Waals surface area contributed by atoms with Crippen LogP contribution in [-0.4, -0.2) is 12.6 Å². The van der Waals surface area contributed by atoms with Crippen molar-refractivity contribution in [3.63, 3.8) is 0 Å². The zero-order valence-electron chi connectivity index (χ0n) is 13.8. The summed E-state index contributed by atoms with van der Waals surface area (Å²) in [5, 5.41) is 0. The summed E-state index contributed by atoms with van der Waals surface area (Å²) < 4.78 is 4.82. The molecule has 0 aliphatic heterocycles. The van der Waals surface area contributed by atoms with E-state index < -0.39 is 0 Å². The molecule has 1 rings (SSSR count). The van der Waals surface area contributed by atoms with E-state index in [1.165, 1.54) is 5.56 Å². The lowest BCUT2D eigenvalue weighted by Crippen LogP contribution is -2.04. The molecule has 2 nitrogen and oxygen atoms in total. The average Bonchev–Trinajstić information content (AvgIpc) is 2.53. The summed E-state index contributed by atoms with van der Waals surface area (Å²) in [6.45, 7) is 14.3. The number of ether oxygens (including phenoxy) is 1. The monoisotopic (exact) mass is 268 g/mol. The third-order valence-electron chi connectivity index (χ3n) is 1.77. The third-order valence-corrected chi connectivity index (χ3v) is 1.77. The Morgan fingerprint density at radius 1 is 0.947 bits per heavy atom. The number of carbonyl (C=O) groups excluding carboxylic acids is 1. The first-order valence-corrected chi connectivity index (χ1v) is 7.52. The SMILES string of the molecule is CC.CC.CC.CCOC(=O)CCc1ccccc1. The summed E-state index contributed by atoms with van der Waals surface area (Å²) in [5.41, 5.74) is 1.18. The van der Waals surface area contributed by atoms with Gasteiger partial charge >= 0.3 is 5.97 Å². The Balaban J connectivity index is -0.000000375. The standard InChI is InChI=1S/C11H14O2.3C2H6/c1-2-13-11(12)9-8-10-6-4-3-5-7-10;3*1-2/h3-7H,2,8-9H2,1H3;3*1-2H3. The smallest absolute Gasteiger partial charge is 0.306 e. The second-order valence-corrected chi connectivity index (χ2v) is 2.79. The van der Waals surface area contributed by atoms with E-state index in [9.17, 15) is 4.79 Å². The Kier molecular flexibility index (Phi) is 26.3. The van der Waals surface area contributed by atoms with Crippen LogP contribution in [0.4, 0.5) is 0 Å². The summed E-state index contributed by atoms with van der Waals surface area (Å²) in [6.07, 6.45) is 1.23. The largest absolute Gasteiger partial charge is 0.466 e. The number of hydrogen-bond acceptors (Lipinski definition) is 2. The van der Waals surface area contributed by atoms with E-state index in [0.29, 0.717) is 13.0 Å². The molecule has 0 bridgehead atoms. The van der Waals surface area contributed by atoms with E-state index in [-0.39, 0.29) is 5.97 Å². The Hall–Kier alpha value is -1.31. The molecule has 0 heterocycles. The first kappa shape index (κ1) is 22.8. The molecular weight excluding hydrogens is 236 g/mol. The molecule has 0 amide bonds. The Morgan fingerprint density at radius 2 is 1.42 bits per heavy atom. The van der Waals surface area contributed by atoms with Gasteiger partial charge in [-0.15, -0.1) is 0 Å². The highest BCUT2D eigenvalue weighted by atomic mass is 16.5. The predicted octanol–water partition coefficient (Wildman–Crippen LogP) is 5.26. The van der Waals surface area contributed by atoms with Crippen LogP contribution in [0.25, 0.3) is 0 Å². The molecular formula is C17H32O2. The Morgan fingerprint density at radius 3 is 1.84 bits per heavy atom. The minimum atomic E-state index is -0.119. The number of esters is 1. The Labute approximate surface area is 120 Å². The van der Waals surface area contributed by atoms with Crippen LogP contribution in [-0.2, 0) is 16.0 Å². The molecule has 0 aliphatic carbocycles. The van der Waals surface area contributed by atoms with Gasteiger partial charge in [-0.1, -0.05) is 71.9 Å². The average molecular weight is 268 g/mol. The van der Waals surface area contributed by atoms with Gasteiger partial charge in [0.25, 0.3) is 0 Å². The highest BCUT2D eigenvalue weighted by Gasteiger charge is 2.01. The van der Waals surface area contributed by atoms with Gasteiger partial charge in [0.1, 0.15) is 0 Å². The van der Waals surface area contributed by atoms with Gasteiger partial charge in [0.05, 0.1) is 6.61 Å². The quantitative estimate of drug-likeness (QED) is 0.696. The lowest BCUT2D eigenvalue weighted by molar-refractivity contribution is -0.143. The van der Waals surface area contributed by atoms with Crippen molar-refractivity contribution in [1.82, 2.24) is 0 Å². The maximum atomic E-state index is 11.0. The van der Waals surface area contributed by atoms with Crippen LogP contribution < -0.4 is 0 Å². The number of rotatable bonds is 4.